The highest BCUT2D eigenvalue weighted by Crippen LogP contribution is 2.15. The number of benzene rings is 1. The SMILES string of the molecule is Cc1cccc(OC[C@H]2CO2)c1. The minimum atomic E-state index is 0.338. The summed E-state index contributed by atoms with van der Waals surface area (Å²) in [5, 5.41) is 0. The molecule has 0 amide bonds. The van der Waals surface area contributed by atoms with Crippen LogP contribution in [0.25, 0.3) is 0 Å². The Morgan fingerprint density at radius 3 is 3.08 bits per heavy atom. The minimum Gasteiger partial charge on any atom is -0.491 e. The van der Waals surface area contributed by atoms with Crippen molar-refractivity contribution in [3.8, 4) is 5.75 Å². The zero-order chi connectivity index (χ0) is 8.39. The Morgan fingerprint density at radius 2 is 2.42 bits per heavy atom. The van der Waals surface area contributed by atoms with Crippen LogP contribution in [0, 0.1) is 6.92 Å². The first-order chi connectivity index (χ1) is 5.84. The molecule has 0 N–H and O–H groups in total. The Labute approximate surface area is 72.1 Å². The van der Waals surface area contributed by atoms with Gasteiger partial charge < -0.3 is 9.47 Å². The number of hydrogen-bond acceptors (Lipinski definition) is 2. The molecule has 1 aromatic rings. The molecule has 2 heteroatoms. The summed E-state index contributed by atoms with van der Waals surface area (Å²) in [4.78, 5) is 0. The lowest BCUT2D eigenvalue weighted by molar-refractivity contribution is 0.263. The fourth-order valence-corrected chi connectivity index (χ4v) is 1.06. The Morgan fingerprint density at radius 1 is 1.58 bits per heavy atom. The Bertz CT molecular complexity index is 266. The molecule has 1 aliphatic heterocycles. The Balaban J connectivity index is 1.92. The number of ether oxygens (including phenoxy) is 2. The lowest BCUT2D eigenvalue weighted by Gasteiger charge is -2.03. The summed E-state index contributed by atoms with van der Waals surface area (Å²) < 4.78 is 10.5. The van der Waals surface area contributed by atoms with Crippen LogP contribution in [0.15, 0.2) is 24.3 Å². The normalized spacial score (nSPS) is 20.6. The van der Waals surface area contributed by atoms with Gasteiger partial charge in [0.1, 0.15) is 18.5 Å². The monoisotopic (exact) mass is 164 g/mol. The second-order valence-corrected chi connectivity index (χ2v) is 3.08. The number of epoxide rings is 1. The molecule has 1 heterocycles. The molecule has 0 bridgehead atoms. The van der Waals surface area contributed by atoms with E-state index in [1.54, 1.807) is 0 Å². The van der Waals surface area contributed by atoms with Gasteiger partial charge in [0.25, 0.3) is 0 Å². The van der Waals surface area contributed by atoms with E-state index in [-0.39, 0.29) is 0 Å². The first-order valence-corrected chi connectivity index (χ1v) is 4.16. The van der Waals surface area contributed by atoms with Gasteiger partial charge >= 0.3 is 0 Å². The second-order valence-electron chi connectivity index (χ2n) is 3.08. The number of rotatable bonds is 3. The van der Waals surface area contributed by atoms with Crippen LogP contribution in [-0.4, -0.2) is 19.3 Å². The van der Waals surface area contributed by atoms with Crippen molar-refractivity contribution >= 4 is 0 Å². The maximum atomic E-state index is 5.49. The molecule has 64 valence electrons. The van der Waals surface area contributed by atoms with Gasteiger partial charge in [-0.1, -0.05) is 12.1 Å². The fraction of sp³-hybridized carbons (Fsp3) is 0.400. The predicted molar refractivity (Wildman–Crippen MR) is 46.4 cm³/mol. The summed E-state index contributed by atoms with van der Waals surface area (Å²) in [5.74, 6) is 0.936. The van der Waals surface area contributed by atoms with E-state index in [4.69, 9.17) is 9.47 Å². The lowest BCUT2D eigenvalue weighted by atomic mass is 10.2. The summed E-state index contributed by atoms with van der Waals surface area (Å²) in [7, 11) is 0. The quantitative estimate of drug-likeness (QED) is 0.635. The molecule has 1 aromatic carbocycles. The lowest BCUT2D eigenvalue weighted by Crippen LogP contribution is -2.03. The molecule has 12 heavy (non-hydrogen) atoms. The fourth-order valence-electron chi connectivity index (χ4n) is 1.06. The van der Waals surface area contributed by atoms with Crippen LogP contribution in [0.2, 0.25) is 0 Å². The van der Waals surface area contributed by atoms with Crippen molar-refractivity contribution in [2.24, 2.45) is 0 Å². The molecule has 0 aliphatic carbocycles. The molecular weight excluding hydrogens is 152 g/mol. The zero-order valence-corrected chi connectivity index (χ0v) is 7.12. The Hall–Kier alpha value is -1.02. The first-order valence-electron chi connectivity index (χ1n) is 4.16. The van der Waals surface area contributed by atoms with Gasteiger partial charge in [0.05, 0.1) is 6.61 Å². The van der Waals surface area contributed by atoms with Crippen LogP contribution in [0.5, 0.6) is 5.75 Å². The van der Waals surface area contributed by atoms with Crippen LogP contribution in [0.4, 0.5) is 0 Å². The van der Waals surface area contributed by atoms with E-state index in [0.29, 0.717) is 12.7 Å². The van der Waals surface area contributed by atoms with Crippen LogP contribution in [-0.2, 0) is 4.74 Å². The van der Waals surface area contributed by atoms with E-state index >= 15 is 0 Å². The molecule has 2 nitrogen and oxygen atoms in total. The van der Waals surface area contributed by atoms with Crippen molar-refractivity contribution in [2.45, 2.75) is 13.0 Å². The topological polar surface area (TPSA) is 21.8 Å². The predicted octanol–water partition coefficient (Wildman–Crippen LogP) is 1.77. The van der Waals surface area contributed by atoms with Gasteiger partial charge in [-0.25, -0.2) is 0 Å². The van der Waals surface area contributed by atoms with Crippen molar-refractivity contribution in [1.29, 1.82) is 0 Å². The van der Waals surface area contributed by atoms with E-state index in [2.05, 4.69) is 13.0 Å². The van der Waals surface area contributed by atoms with Crippen molar-refractivity contribution < 1.29 is 9.47 Å². The average Bonchev–Trinajstić information content (AvgIpc) is 2.84. The number of hydrogen-bond donors (Lipinski definition) is 0. The number of aryl methyl sites for hydroxylation is 1. The van der Waals surface area contributed by atoms with E-state index in [1.807, 2.05) is 18.2 Å². The smallest absolute Gasteiger partial charge is 0.119 e. The standard InChI is InChI=1S/C10H12O2/c1-8-3-2-4-9(5-8)11-6-10-7-12-10/h2-5,10H,6-7H2,1H3/t10-/m0/s1. The first kappa shape index (κ1) is 7.62. The molecule has 1 atom stereocenters. The molecule has 1 fully saturated rings. The van der Waals surface area contributed by atoms with E-state index in [1.165, 1.54) is 5.56 Å². The van der Waals surface area contributed by atoms with Gasteiger partial charge in [-0.15, -0.1) is 0 Å². The average molecular weight is 164 g/mol. The van der Waals surface area contributed by atoms with Gasteiger partial charge in [0, 0.05) is 0 Å². The van der Waals surface area contributed by atoms with E-state index in [9.17, 15) is 0 Å². The Kier molecular flexibility index (Phi) is 2.00. The van der Waals surface area contributed by atoms with Crippen LogP contribution in [0.3, 0.4) is 0 Å². The molecule has 1 saturated heterocycles. The van der Waals surface area contributed by atoms with Crippen molar-refractivity contribution in [3.63, 3.8) is 0 Å². The van der Waals surface area contributed by atoms with Crippen molar-refractivity contribution in [3.05, 3.63) is 29.8 Å². The third-order valence-electron chi connectivity index (χ3n) is 1.83. The van der Waals surface area contributed by atoms with Crippen LogP contribution < -0.4 is 4.74 Å². The third-order valence-corrected chi connectivity index (χ3v) is 1.83. The van der Waals surface area contributed by atoms with Gasteiger partial charge in [-0.2, -0.15) is 0 Å². The van der Waals surface area contributed by atoms with Crippen molar-refractivity contribution in [2.75, 3.05) is 13.2 Å². The molecule has 2 rings (SSSR count). The molecule has 0 spiro atoms. The zero-order valence-electron chi connectivity index (χ0n) is 7.12. The van der Waals surface area contributed by atoms with E-state index < -0.39 is 0 Å². The molecule has 0 saturated carbocycles. The molecular formula is C10H12O2. The maximum Gasteiger partial charge on any atom is 0.119 e. The van der Waals surface area contributed by atoms with Crippen LogP contribution >= 0.6 is 0 Å². The third kappa shape index (κ3) is 1.98. The molecule has 0 unspecified atom stereocenters. The largest absolute Gasteiger partial charge is 0.491 e. The second kappa shape index (κ2) is 3.15. The van der Waals surface area contributed by atoms with Gasteiger partial charge in [-0.3, -0.25) is 0 Å². The summed E-state index contributed by atoms with van der Waals surface area (Å²) in [5.41, 5.74) is 1.23. The molecule has 1 aliphatic rings. The molecule has 0 aromatic heterocycles. The summed E-state index contributed by atoms with van der Waals surface area (Å²) >= 11 is 0. The minimum absolute atomic E-state index is 0.338. The maximum absolute atomic E-state index is 5.49. The highest BCUT2D eigenvalue weighted by Gasteiger charge is 2.22. The van der Waals surface area contributed by atoms with Gasteiger partial charge in [-0.05, 0) is 24.6 Å². The van der Waals surface area contributed by atoms with Crippen molar-refractivity contribution in [1.82, 2.24) is 0 Å². The van der Waals surface area contributed by atoms with E-state index in [0.717, 1.165) is 12.4 Å². The van der Waals surface area contributed by atoms with Gasteiger partial charge in [0.15, 0.2) is 0 Å². The van der Waals surface area contributed by atoms with Crippen LogP contribution in [0.1, 0.15) is 5.56 Å². The van der Waals surface area contributed by atoms with Gasteiger partial charge in [0.2, 0.25) is 0 Å². The highest BCUT2D eigenvalue weighted by atomic mass is 16.6. The summed E-state index contributed by atoms with van der Waals surface area (Å²) in [6.07, 6.45) is 0.338. The molecule has 0 radical (unpaired) electrons. The summed E-state index contributed by atoms with van der Waals surface area (Å²) in [6.45, 7) is 3.59. The highest BCUT2D eigenvalue weighted by molar-refractivity contribution is 5.27. The summed E-state index contributed by atoms with van der Waals surface area (Å²) in [6, 6.07) is 8.05.